The highest BCUT2D eigenvalue weighted by Crippen LogP contribution is 2.13. The van der Waals surface area contributed by atoms with Gasteiger partial charge in [0.05, 0.1) is 18.8 Å². The van der Waals surface area contributed by atoms with Gasteiger partial charge >= 0.3 is 0 Å². The lowest BCUT2D eigenvalue weighted by atomic mass is 9.99. The number of carbonyl (C=O) groups is 1. The van der Waals surface area contributed by atoms with E-state index in [1.807, 2.05) is 0 Å². The predicted octanol–water partition coefficient (Wildman–Crippen LogP) is 5.33. The summed E-state index contributed by atoms with van der Waals surface area (Å²) in [4.78, 5) is 12.3. The predicted molar refractivity (Wildman–Crippen MR) is 145 cm³/mol. The van der Waals surface area contributed by atoms with E-state index in [1.54, 1.807) is 0 Å². The lowest BCUT2D eigenvalue weighted by Gasteiger charge is -2.27. The summed E-state index contributed by atoms with van der Waals surface area (Å²) in [6, 6.07) is -0.984. The summed E-state index contributed by atoms with van der Waals surface area (Å²) < 4.78 is 0. The van der Waals surface area contributed by atoms with Crippen LogP contribution >= 0.6 is 0 Å². The molecule has 0 heterocycles. The monoisotopic (exact) mass is 497 g/mol. The number of hydrogen-bond acceptors (Lipinski definition) is 5. The zero-order valence-corrected chi connectivity index (χ0v) is 22.5. The molecule has 0 aromatic carbocycles. The van der Waals surface area contributed by atoms with E-state index in [-0.39, 0.29) is 0 Å². The molecule has 1 amide bonds. The smallest absolute Gasteiger partial charge is 0.249 e. The molecule has 0 bridgehead atoms. The van der Waals surface area contributed by atoms with Crippen molar-refractivity contribution in [2.75, 3.05) is 6.61 Å². The summed E-state index contributed by atoms with van der Waals surface area (Å²) in [6.07, 6.45) is 22.3. The molecule has 0 aliphatic rings. The van der Waals surface area contributed by atoms with E-state index >= 15 is 0 Å². The maximum atomic E-state index is 12.3. The van der Waals surface area contributed by atoms with E-state index in [0.717, 1.165) is 77.0 Å². The Bertz CT molecular complexity index is 537. The Morgan fingerprint density at radius 2 is 1.20 bits per heavy atom. The molecular formula is C29H55NO5. The Labute approximate surface area is 214 Å². The molecule has 4 unspecified atom stereocenters. The van der Waals surface area contributed by atoms with Crippen LogP contribution in [0.5, 0.6) is 0 Å². The van der Waals surface area contributed by atoms with Crippen LogP contribution in [-0.4, -0.2) is 57.3 Å². The van der Waals surface area contributed by atoms with Gasteiger partial charge in [-0.15, -0.1) is 0 Å². The number of aliphatic hydroxyl groups is 4. The molecule has 5 N–H and O–H groups in total. The fourth-order valence-corrected chi connectivity index (χ4v) is 4.04. The second-order valence-corrected chi connectivity index (χ2v) is 9.77. The molecule has 0 saturated carbocycles. The van der Waals surface area contributed by atoms with Crippen LogP contribution in [0.25, 0.3) is 0 Å². The number of allylic oxidation sites excluding steroid dienone is 4. The Balaban J connectivity index is 3.93. The molecule has 6 nitrogen and oxygen atoms in total. The molecule has 0 fully saturated rings. The van der Waals surface area contributed by atoms with Crippen LogP contribution in [-0.2, 0) is 4.79 Å². The minimum Gasteiger partial charge on any atom is -0.394 e. The van der Waals surface area contributed by atoms with E-state index in [9.17, 15) is 25.2 Å². The summed E-state index contributed by atoms with van der Waals surface area (Å²) in [6.45, 7) is 3.86. The lowest BCUT2D eigenvalue weighted by Crippen LogP contribution is -2.53. The van der Waals surface area contributed by atoms with Crippen molar-refractivity contribution in [1.82, 2.24) is 5.32 Å². The average molecular weight is 498 g/mol. The Hall–Kier alpha value is -1.21. The minimum absolute atomic E-state index is 0.350. The molecule has 0 aliphatic carbocycles. The molecule has 6 heteroatoms. The fourth-order valence-electron chi connectivity index (χ4n) is 4.04. The van der Waals surface area contributed by atoms with E-state index < -0.39 is 36.9 Å². The summed E-state index contributed by atoms with van der Waals surface area (Å²) in [5.74, 6) is -0.605. The van der Waals surface area contributed by atoms with Crippen molar-refractivity contribution < 1.29 is 25.2 Å². The first-order chi connectivity index (χ1) is 17.0. The molecule has 0 radical (unpaired) electrons. The van der Waals surface area contributed by atoms with Crippen molar-refractivity contribution in [1.29, 1.82) is 0 Å². The minimum atomic E-state index is -1.26. The second kappa shape index (κ2) is 24.5. The van der Waals surface area contributed by atoms with Crippen LogP contribution in [0.2, 0.25) is 0 Å². The van der Waals surface area contributed by atoms with Gasteiger partial charge in [0.15, 0.2) is 0 Å². The van der Waals surface area contributed by atoms with Crippen LogP contribution in [0, 0.1) is 0 Å². The fraction of sp³-hybridized carbons (Fsp3) is 0.828. The summed E-state index contributed by atoms with van der Waals surface area (Å²) >= 11 is 0. The number of nitrogens with one attached hydrogen (secondary N) is 1. The maximum absolute atomic E-state index is 12.3. The molecule has 35 heavy (non-hydrogen) atoms. The molecule has 206 valence electrons. The van der Waals surface area contributed by atoms with Crippen molar-refractivity contribution in [2.45, 2.75) is 147 Å². The van der Waals surface area contributed by atoms with Crippen molar-refractivity contribution in [3.8, 4) is 0 Å². The first-order valence-electron chi connectivity index (χ1n) is 14.2. The quantitative estimate of drug-likeness (QED) is 0.0914. The number of amides is 1. The van der Waals surface area contributed by atoms with Crippen molar-refractivity contribution in [3.05, 3.63) is 24.3 Å². The molecule has 0 spiro atoms. The van der Waals surface area contributed by atoms with Crippen molar-refractivity contribution in [2.24, 2.45) is 0 Å². The van der Waals surface area contributed by atoms with Gasteiger partial charge in [0.2, 0.25) is 5.91 Å². The molecule has 0 rings (SSSR count). The van der Waals surface area contributed by atoms with Gasteiger partial charge in [0.1, 0.15) is 12.2 Å². The normalized spacial score (nSPS) is 15.5. The highest BCUT2D eigenvalue weighted by molar-refractivity contribution is 5.80. The SMILES string of the molecule is CCCCC/C=C\C=C/CCCCCCCC(O)C(=O)NC(CO)C(O)C(O)CCCCCCC. The number of unbranched alkanes of at least 4 members (excludes halogenated alkanes) is 12. The molecule has 0 aromatic rings. The molecule has 4 atom stereocenters. The molecule has 0 aliphatic heterocycles. The summed E-state index contributed by atoms with van der Waals surface area (Å²) in [5, 5.41) is 42.7. The Morgan fingerprint density at radius 3 is 1.80 bits per heavy atom. The highest BCUT2D eigenvalue weighted by Gasteiger charge is 2.28. The van der Waals surface area contributed by atoms with Crippen LogP contribution in [0.15, 0.2) is 24.3 Å². The second-order valence-electron chi connectivity index (χ2n) is 9.77. The molecular weight excluding hydrogens is 442 g/mol. The Morgan fingerprint density at radius 1 is 0.714 bits per heavy atom. The van der Waals surface area contributed by atoms with Gasteiger partial charge in [0.25, 0.3) is 0 Å². The summed E-state index contributed by atoms with van der Waals surface area (Å²) in [7, 11) is 0. The number of carbonyl (C=O) groups excluding carboxylic acids is 1. The zero-order valence-electron chi connectivity index (χ0n) is 22.5. The van der Waals surface area contributed by atoms with Gasteiger partial charge in [0, 0.05) is 0 Å². The van der Waals surface area contributed by atoms with Crippen molar-refractivity contribution in [3.63, 3.8) is 0 Å². The van der Waals surface area contributed by atoms with Crippen LogP contribution < -0.4 is 5.32 Å². The van der Waals surface area contributed by atoms with Crippen LogP contribution in [0.4, 0.5) is 0 Å². The van der Waals surface area contributed by atoms with Gasteiger partial charge in [-0.25, -0.2) is 0 Å². The highest BCUT2D eigenvalue weighted by atomic mass is 16.3. The van der Waals surface area contributed by atoms with Gasteiger partial charge in [-0.3, -0.25) is 4.79 Å². The maximum Gasteiger partial charge on any atom is 0.249 e. The topological polar surface area (TPSA) is 110 Å². The standard InChI is InChI=1S/C29H55NO5/c1-3-5-7-9-10-11-12-13-14-15-16-17-19-21-23-27(33)29(35)30-25(24-31)28(34)26(32)22-20-18-8-6-4-2/h10-13,25-28,31-34H,3-9,14-24H2,1-2H3,(H,30,35)/b11-10-,13-12-. The zero-order chi connectivity index (χ0) is 26.2. The van der Waals surface area contributed by atoms with Gasteiger partial charge < -0.3 is 25.7 Å². The third-order valence-electron chi connectivity index (χ3n) is 6.44. The number of hydrogen-bond donors (Lipinski definition) is 5. The summed E-state index contributed by atoms with van der Waals surface area (Å²) in [5.41, 5.74) is 0. The first kappa shape index (κ1) is 33.8. The molecule has 0 aromatic heterocycles. The van der Waals surface area contributed by atoms with Gasteiger partial charge in [-0.2, -0.15) is 0 Å². The van der Waals surface area contributed by atoms with E-state index in [4.69, 9.17) is 0 Å². The third kappa shape index (κ3) is 19.6. The van der Waals surface area contributed by atoms with Gasteiger partial charge in [-0.1, -0.05) is 109 Å². The largest absolute Gasteiger partial charge is 0.394 e. The molecule has 0 saturated heterocycles. The third-order valence-corrected chi connectivity index (χ3v) is 6.44. The number of aliphatic hydroxyl groups excluding tert-OH is 4. The van der Waals surface area contributed by atoms with Gasteiger partial charge in [-0.05, 0) is 38.5 Å². The average Bonchev–Trinajstić information content (AvgIpc) is 2.86. The number of rotatable bonds is 24. The van der Waals surface area contributed by atoms with E-state index in [1.165, 1.54) is 19.3 Å². The lowest BCUT2D eigenvalue weighted by molar-refractivity contribution is -0.132. The first-order valence-corrected chi connectivity index (χ1v) is 14.2. The van der Waals surface area contributed by atoms with Crippen LogP contribution in [0.1, 0.15) is 123 Å². The van der Waals surface area contributed by atoms with Crippen LogP contribution in [0.3, 0.4) is 0 Å². The van der Waals surface area contributed by atoms with Crippen molar-refractivity contribution >= 4 is 5.91 Å². The van der Waals surface area contributed by atoms with E-state index in [0.29, 0.717) is 12.8 Å². The van der Waals surface area contributed by atoms with E-state index in [2.05, 4.69) is 43.5 Å². The Kier molecular flexibility index (Phi) is 23.6.